The zero-order valence-electron chi connectivity index (χ0n) is 17.5. The van der Waals surface area contributed by atoms with Gasteiger partial charge in [0.15, 0.2) is 11.4 Å². The third kappa shape index (κ3) is 2.49. The van der Waals surface area contributed by atoms with Gasteiger partial charge in [0, 0.05) is 18.8 Å². The highest BCUT2D eigenvalue weighted by Crippen LogP contribution is 2.66. The molecule has 0 unspecified atom stereocenters. The molecule has 0 aliphatic heterocycles. The Kier molecular flexibility index (Phi) is 4.59. The van der Waals surface area contributed by atoms with Crippen LogP contribution in [0.2, 0.25) is 0 Å². The minimum absolute atomic E-state index is 0.0754. The topological polar surface area (TPSA) is 52.6 Å². The number of allylic oxidation sites excluding steroid dienone is 4. The fourth-order valence-corrected chi connectivity index (χ4v) is 7.16. The fourth-order valence-electron chi connectivity index (χ4n) is 7.16. The lowest BCUT2D eigenvalue weighted by Gasteiger charge is -2.54. The van der Waals surface area contributed by atoms with E-state index in [1.165, 1.54) is 12.5 Å². The molecular weight excluding hydrogens is 352 g/mol. The predicted molar refractivity (Wildman–Crippen MR) is 107 cm³/mol. The maximum atomic E-state index is 12.9. The molecule has 0 spiro atoms. The monoisotopic (exact) mass is 384 g/mol. The second-order valence-corrected chi connectivity index (χ2v) is 9.43. The number of ether oxygens (including phenoxy) is 2. The number of ketones is 1. The number of Topliss-reactive ketones (excluding diaryl/α,β-unsaturated/α-hetero) is 1. The van der Waals surface area contributed by atoms with Crippen molar-refractivity contribution in [1.29, 1.82) is 0 Å². The van der Waals surface area contributed by atoms with Gasteiger partial charge in [-0.25, -0.2) is 0 Å². The molecule has 28 heavy (non-hydrogen) atoms. The van der Waals surface area contributed by atoms with Crippen molar-refractivity contribution >= 4 is 11.8 Å². The summed E-state index contributed by atoms with van der Waals surface area (Å²) in [5.74, 6) is 2.66. The van der Waals surface area contributed by atoms with Crippen molar-refractivity contribution in [3.8, 4) is 0 Å². The smallest absolute Gasteiger partial charge is 0.303 e. The highest BCUT2D eigenvalue weighted by atomic mass is 16.6. The average Bonchev–Trinajstić information content (AvgIpc) is 2.88. The summed E-state index contributed by atoms with van der Waals surface area (Å²) in [7, 11) is 1.75. The Balaban J connectivity index is 1.71. The number of hydrogen-bond donors (Lipinski definition) is 0. The van der Waals surface area contributed by atoms with Gasteiger partial charge in [0.2, 0.25) is 0 Å². The molecule has 0 radical (unpaired) electrons. The van der Waals surface area contributed by atoms with Crippen LogP contribution in [0.25, 0.3) is 0 Å². The van der Waals surface area contributed by atoms with Gasteiger partial charge in [-0.2, -0.15) is 0 Å². The quantitative estimate of drug-likeness (QED) is 0.520. The average molecular weight is 385 g/mol. The van der Waals surface area contributed by atoms with Crippen LogP contribution < -0.4 is 0 Å². The van der Waals surface area contributed by atoms with Crippen LogP contribution in [0.3, 0.4) is 0 Å². The van der Waals surface area contributed by atoms with E-state index in [0.717, 1.165) is 49.9 Å². The number of fused-ring (bicyclic) bond motifs is 5. The molecular formula is C24H32O4. The third-order valence-electron chi connectivity index (χ3n) is 8.31. The second-order valence-electron chi connectivity index (χ2n) is 9.43. The van der Waals surface area contributed by atoms with Crippen molar-refractivity contribution in [3.63, 3.8) is 0 Å². The molecule has 152 valence electrons. The lowest BCUT2D eigenvalue weighted by molar-refractivity contribution is -0.179. The van der Waals surface area contributed by atoms with E-state index < -0.39 is 11.6 Å². The van der Waals surface area contributed by atoms with Gasteiger partial charge in [-0.15, -0.1) is 0 Å². The molecule has 6 atom stereocenters. The van der Waals surface area contributed by atoms with Gasteiger partial charge in [-0.3, -0.25) is 9.59 Å². The first kappa shape index (κ1) is 19.5. The third-order valence-corrected chi connectivity index (χ3v) is 8.31. The summed E-state index contributed by atoms with van der Waals surface area (Å²) in [4.78, 5) is 24.8. The van der Waals surface area contributed by atoms with Crippen molar-refractivity contribution in [1.82, 2.24) is 0 Å². The first-order valence-corrected chi connectivity index (χ1v) is 10.6. The molecule has 0 amide bonds. The molecule has 2 fully saturated rings. The Bertz CT molecular complexity index is 790. The Morgan fingerprint density at radius 1 is 1.21 bits per heavy atom. The van der Waals surface area contributed by atoms with Crippen molar-refractivity contribution < 1.29 is 19.1 Å². The van der Waals surface area contributed by atoms with Crippen molar-refractivity contribution in [2.24, 2.45) is 29.1 Å². The number of rotatable bonds is 3. The van der Waals surface area contributed by atoms with Crippen LogP contribution >= 0.6 is 0 Å². The molecule has 0 aromatic heterocycles. The van der Waals surface area contributed by atoms with Crippen LogP contribution in [0.5, 0.6) is 0 Å². The molecule has 4 nitrogen and oxygen atoms in total. The minimum atomic E-state index is -1.16. The van der Waals surface area contributed by atoms with Crippen LogP contribution in [-0.4, -0.2) is 24.5 Å². The normalized spacial score (nSPS) is 41.8. The molecule has 0 saturated heterocycles. The fraction of sp³-hybridized carbons (Fsp3) is 0.667. The van der Waals surface area contributed by atoms with Crippen LogP contribution in [0.1, 0.15) is 59.3 Å². The molecule has 4 rings (SSSR count). The lowest BCUT2D eigenvalue weighted by Crippen LogP contribution is -2.57. The molecule has 4 heteroatoms. The van der Waals surface area contributed by atoms with Gasteiger partial charge >= 0.3 is 5.97 Å². The summed E-state index contributed by atoms with van der Waals surface area (Å²) < 4.78 is 11.3. The Morgan fingerprint density at radius 3 is 2.61 bits per heavy atom. The summed E-state index contributed by atoms with van der Waals surface area (Å²) in [5, 5.41) is 0. The highest BCUT2D eigenvalue weighted by molar-refractivity contribution is 5.92. The standard InChI is InChI=1S/C24H32O4/c1-14-12-22-21-8-6-17-13-18(27-5)7-9-19(17)20(21)10-11-23(22,4)24(14,15(2)25)28-16(3)26/h6,13,19-22H,1,7-12H2,2-5H3/t19-,20+,21+,22-,23-,24-/m0/s1. The van der Waals surface area contributed by atoms with Gasteiger partial charge in [-0.05, 0) is 79.9 Å². The molecule has 0 N–H and O–H groups in total. The molecule has 0 bridgehead atoms. The van der Waals surface area contributed by atoms with Crippen molar-refractivity contribution in [3.05, 3.63) is 35.6 Å². The predicted octanol–water partition coefficient (Wildman–Crippen LogP) is 4.76. The maximum Gasteiger partial charge on any atom is 0.303 e. The molecule has 0 aromatic carbocycles. The molecule has 0 heterocycles. The van der Waals surface area contributed by atoms with E-state index in [0.29, 0.717) is 23.7 Å². The van der Waals surface area contributed by atoms with Crippen molar-refractivity contribution in [2.75, 3.05) is 7.11 Å². The zero-order valence-corrected chi connectivity index (χ0v) is 17.5. The van der Waals surface area contributed by atoms with Crippen LogP contribution in [0.4, 0.5) is 0 Å². The molecule has 4 aliphatic rings. The van der Waals surface area contributed by atoms with E-state index in [1.54, 1.807) is 14.0 Å². The summed E-state index contributed by atoms with van der Waals surface area (Å²) in [6.07, 6.45) is 10.5. The summed E-state index contributed by atoms with van der Waals surface area (Å²) in [5.41, 5.74) is 0.704. The summed E-state index contributed by atoms with van der Waals surface area (Å²) >= 11 is 0. The van der Waals surface area contributed by atoms with Crippen molar-refractivity contribution in [2.45, 2.75) is 64.9 Å². The number of esters is 1. The first-order valence-electron chi connectivity index (χ1n) is 10.6. The zero-order chi connectivity index (χ0) is 20.3. The van der Waals surface area contributed by atoms with E-state index in [9.17, 15) is 9.59 Å². The van der Waals surface area contributed by atoms with Gasteiger partial charge in [0.25, 0.3) is 0 Å². The lowest BCUT2D eigenvalue weighted by atomic mass is 9.51. The van der Waals surface area contributed by atoms with E-state index in [4.69, 9.17) is 9.47 Å². The number of carbonyl (C=O) groups excluding carboxylic acids is 2. The second kappa shape index (κ2) is 6.60. The Morgan fingerprint density at radius 2 is 1.96 bits per heavy atom. The SMILES string of the molecule is C=C1C[C@H]2[C@@H]3CC=C4C=C(OC)CC[C@@H]4[C@H]3CC[C@]2(C)[C@@]1(OC(C)=O)C(C)=O. The number of methoxy groups -OCH3 is 1. The number of carbonyl (C=O) groups is 2. The summed E-state index contributed by atoms with van der Waals surface area (Å²) in [6, 6.07) is 0. The van der Waals surface area contributed by atoms with E-state index in [-0.39, 0.29) is 11.2 Å². The van der Waals surface area contributed by atoms with Gasteiger partial charge in [0.05, 0.1) is 12.9 Å². The molecule has 2 saturated carbocycles. The van der Waals surface area contributed by atoms with Gasteiger partial charge < -0.3 is 9.47 Å². The van der Waals surface area contributed by atoms with Gasteiger partial charge in [-0.1, -0.05) is 19.6 Å². The Hall–Kier alpha value is -1.84. The summed E-state index contributed by atoms with van der Waals surface area (Å²) in [6.45, 7) is 9.38. The number of hydrogen-bond acceptors (Lipinski definition) is 4. The van der Waals surface area contributed by atoms with E-state index >= 15 is 0 Å². The first-order chi connectivity index (χ1) is 13.2. The Labute approximate surface area is 168 Å². The highest BCUT2D eigenvalue weighted by Gasteiger charge is 2.68. The van der Waals surface area contributed by atoms with Crippen LogP contribution in [0, 0.1) is 29.1 Å². The van der Waals surface area contributed by atoms with Gasteiger partial charge in [0.1, 0.15) is 0 Å². The molecule has 4 aliphatic carbocycles. The van der Waals surface area contributed by atoms with E-state index in [2.05, 4.69) is 25.7 Å². The minimum Gasteiger partial charge on any atom is -0.501 e. The molecule has 0 aromatic rings. The largest absolute Gasteiger partial charge is 0.501 e. The maximum absolute atomic E-state index is 12.9. The van der Waals surface area contributed by atoms with Crippen LogP contribution in [-0.2, 0) is 19.1 Å². The van der Waals surface area contributed by atoms with Crippen LogP contribution in [0.15, 0.2) is 35.6 Å². The van der Waals surface area contributed by atoms with E-state index in [1.807, 2.05) is 0 Å².